The summed E-state index contributed by atoms with van der Waals surface area (Å²) in [5.41, 5.74) is -0.0378. The fourth-order valence-corrected chi connectivity index (χ4v) is 2.57. The van der Waals surface area contributed by atoms with Crippen molar-refractivity contribution in [1.29, 1.82) is 0 Å². The largest absolute Gasteiger partial charge is 0.451 e. The first-order valence-corrected chi connectivity index (χ1v) is 7.58. The van der Waals surface area contributed by atoms with E-state index in [0.717, 1.165) is 0 Å². The van der Waals surface area contributed by atoms with E-state index >= 15 is 0 Å². The lowest BCUT2D eigenvalue weighted by Gasteiger charge is -2.41. The first-order valence-electron chi connectivity index (χ1n) is 7.58. The zero-order chi connectivity index (χ0) is 18.0. The molecule has 1 aromatic carbocycles. The molecule has 0 aliphatic carbocycles. The second kappa shape index (κ2) is 6.31. The molecule has 0 radical (unpaired) electrons. The molecule has 0 bridgehead atoms. The number of aromatic nitrogens is 2. The molecule has 0 unspecified atom stereocenters. The highest BCUT2D eigenvalue weighted by Crippen LogP contribution is 2.36. The summed E-state index contributed by atoms with van der Waals surface area (Å²) in [6, 6.07) is 6.94. The van der Waals surface area contributed by atoms with Crippen molar-refractivity contribution in [3.63, 3.8) is 0 Å². The molecule has 0 saturated heterocycles. The van der Waals surface area contributed by atoms with Crippen molar-refractivity contribution in [2.45, 2.75) is 19.4 Å². The lowest BCUT2D eigenvalue weighted by molar-refractivity contribution is -0.128. The van der Waals surface area contributed by atoms with Crippen LogP contribution in [0.3, 0.4) is 0 Å². The third kappa shape index (κ3) is 3.06. The van der Waals surface area contributed by atoms with Gasteiger partial charge >= 0.3 is 5.97 Å². The quantitative estimate of drug-likeness (QED) is 0.848. The molecule has 0 fully saturated rings. The minimum absolute atomic E-state index is 0.00588. The third-order valence-corrected chi connectivity index (χ3v) is 3.86. The van der Waals surface area contributed by atoms with Crippen LogP contribution in [0.2, 0.25) is 0 Å². The monoisotopic (exact) mass is 340 g/mol. The standard InChI is InChI=1S/C17H16N4O4/c1-17(2)16(24)20-11-5-3-4-6-13(11)21(17)14(22)10-25-15(23)12-9-18-7-8-19-12/h3-9H,10H2,1-2H3,(H,20,24). The van der Waals surface area contributed by atoms with Crippen LogP contribution in [0.4, 0.5) is 11.4 Å². The normalized spacial score (nSPS) is 15.1. The van der Waals surface area contributed by atoms with E-state index in [4.69, 9.17) is 4.74 Å². The fraction of sp³-hybridized carbons (Fsp3) is 0.235. The van der Waals surface area contributed by atoms with E-state index in [9.17, 15) is 14.4 Å². The minimum Gasteiger partial charge on any atom is -0.451 e. The number of fused-ring (bicyclic) bond motifs is 1. The van der Waals surface area contributed by atoms with Crippen LogP contribution in [-0.4, -0.2) is 39.9 Å². The number of amides is 2. The van der Waals surface area contributed by atoms with E-state index in [0.29, 0.717) is 11.4 Å². The SMILES string of the molecule is CC1(C)C(=O)Nc2ccccc2N1C(=O)COC(=O)c1cnccn1. The third-order valence-electron chi connectivity index (χ3n) is 3.86. The van der Waals surface area contributed by atoms with Gasteiger partial charge in [-0.1, -0.05) is 12.1 Å². The Labute approximate surface area is 143 Å². The van der Waals surface area contributed by atoms with Gasteiger partial charge in [0.15, 0.2) is 12.3 Å². The van der Waals surface area contributed by atoms with Crippen LogP contribution < -0.4 is 10.2 Å². The lowest BCUT2D eigenvalue weighted by atomic mass is 9.96. The van der Waals surface area contributed by atoms with Crippen molar-refractivity contribution in [3.05, 3.63) is 48.5 Å². The number of ether oxygens (including phenoxy) is 1. The van der Waals surface area contributed by atoms with Crippen LogP contribution in [0.1, 0.15) is 24.3 Å². The maximum absolute atomic E-state index is 12.7. The summed E-state index contributed by atoms with van der Waals surface area (Å²) in [5.74, 6) is -1.58. The Morgan fingerprint density at radius 1 is 1.24 bits per heavy atom. The Morgan fingerprint density at radius 3 is 2.72 bits per heavy atom. The molecule has 0 saturated carbocycles. The molecule has 8 heteroatoms. The highest BCUT2D eigenvalue weighted by atomic mass is 16.5. The van der Waals surface area contributed by atoms with Gasteiger partial charge in [-0.3, -0.25) is 19.5 Å². The van der Waals surface area contributed by atoms with Gasteiger partial charge in [-0.25, -0.2) is 9.78 Å². The molecule has 3 rings (SSSR count). The highest BCUT2D eigenvalue weighted by Gasteiger charge is 2.43. The van der Waals surface area contributed by atoms with Crippen LogP contribution in [0.15, 0.2) is 42.9 Å². The molecule has 2 aromatic rings. The maximum atomic E-state index is 12.7. The number of nitrogens with zero attached hydrogens (tertiary/aromatic N) is 3. The number of anilines is 2. The van der Waals surface area contributed by atoms with E-state index in [2.05, 4.69) is 15.3 Å². The van der Waals surface area contributed by atoms with E-state index < -0.39 is 24.0 Å². The van der Waals surface area contributed by atoms with Crippen LogP contribution in [-0.2, 0) is 14.3 Å². The summed E-state index contributed by atoms with van der Waals surface area (Å²) in [5, 5.41) is 2.77. The van der Waals surface area contributed by atoms with Gasteiger partial charge in [-0.05, 0) is 26.0 Å². The van der Waals surface area contributed by atoms with E-state index in [1.807, 2.05) is 0 Å². The van der Waals surface area contributed by atoms with Crippen molar-refractivity contribution in [3.8, 4) is 0 Å². The van der Waals surface area contributed by atoms with Crippen LogP contribution in [0.5, 0.6) is 0 Å². The Hall–Kier alpha value is -3.29. The Bertz CT molecular complexity index is 836. The molecule has 25 heavy (non-hydrogen) atoms. The molecule has 1 N–H and O–H groups in total. The number of carbonyl (C=O) groups excluding carboxylic acids is 3. The lowest BCUT2D eigenvalue weighted by Crippen LogP contribution is -2.59. The summed E-state index contributed by atoms with van der Waals surface area (Å²) in [4.78, 5) is 45.9. The summed E-state index contributed by atoms with van der Waals surface area (Å²) >= 11 is 0. The Balaban J connectivity index is 1.81. The molecule has 1 aliphatic heterocycles. The molecule has 0 spiro atoms. The molecule has 2 heterocycles. The second-order valence-electron chi connectivity index (χ2n) is 5.93. The Morgan fingerprint density at radius 2 is 2.00 bits per heavy atom. The zero-order valence-electron chi connectivity index (χ0n) is 13.7. The van der Waals surface area contributed by atoms with Gasteiger partial charge in [0.05, 0.1) is 17.6 Å². The molecular weight excluding hydrogens is 324 g/mol. The molecule has 2 amide bonds. The van der Waals surface area contributed by atoms with Gasteiger partial charge in [0.1, 0.15) is 5.54 Å². The number of benzene rings is 1. The van der Waals surface area contributed by atoms with E-state index in [1.165, 1.54) is 23.5 Å². The van der Waals surface area contributed by atoms with Gasteiger partial charge in [0.25, 0.3) is 5.91 Å². The highest BCUT2D eigenvalue weighted by molar-refractivity contribution is 6.14. The van der Waals surface area contributed by atoms with Gasteiger partial charge in [-0.2, -0.15) is 0 Å². The number of carbonyl (C=O) groups is 3. The molecule has 0 atom stereocenters. The number of hydrogen-bond donors (Lipinski definition) is 1. The van der Waals surface area contributed by atoms with Crippen molar-refractivity contribution < 1.29 is 19.1 Å². The first kappa shape index (κ1) is 16.6. The maximum Gasteiger partial charge on any atom is 0.359 e. The van der Waals surface area contributed by atoms with Gasteiger partial charge in [0.2, 0.25) is 5.91 Å². The van der Waals surface area contributed by atoms with Crippen molar-refractivity contribution >= 4 is 29.2 Å². The smallest absolute Gasteiger partial charge is 0.359 e. The zero-order valence-corrected chi connectivity index (χ0v) is 13.7. The molecular formula is C17H16N4O4. The average Bonchev–Trinajstić information content (AvgIpc) is 2.61. The minimum atomic E-state index is -1.12. The first-order chi connectivity index (χ1) is 11.9. The number of rotatable bonds is 3. The van der Waals surface area contributed by atoms with Gasteiger partial charge in [-0.15, -0.1) is 0 Å². The van der Waals surface area contributed by atoms with Crippen molar-refractivity contribution in [2.24, 2.45) is 0 Å². The van der Waals surface area contributed by atoms with E-state index in [-0.39, 0.29) is 11.6 Å². The predicted molar refractivity (Wildman–Crippen MR) is 89.0 cm³/mol. The molecule has 1 aromatic heterocycles. The van der Waals surface area contributed by atoms with Gasteiger partial charge in [0, 0.05) is 12.4 Å². The topological polar surface area (TPSA) is 101 Å². The van der Waals surface area contributed by atoms with Crippen LogP contribution in [0, 0.1) is 0 Å². The van der Waals surface area contributed by atoms with Crippen molar-refractivity contribution in [1.82, 2.24) is 9.97 Å². The Kier molecular flexibility index (Phi) is 4.18. The summed E-state index contributed by atoms with van der Waals surface area (Å²) < 4.78 is 5.02. The number of para-hydroxylation sites is 2. The summed E-state index contributed by atoms with van der Waals surface area (Å²) in [6.07, 6.45) is 4.03. The molecule has 8 nitrogen and oxygen atoms in total. The second-order valence-corrected chi connectivity index (χ2v) is 5.93. The average molecular weight is 340 g/mol. The van der Waals surface area contributed by atoms with Crippen LogP contribution >= 0.6 is 0 Å². The molecule has 128 valence electrons. The predicted octanol–water partition coefficient (Wildman–Crippen LogP) is 1.40. The summed E-state index contributed by atoms with van der Waals surface area (Å²) in [7, 11) is 0. The fourth-order valence-electron chi connectivity index (χ4n) is 2.57. The van der Waals surface area contributed by atoms with Crippen LogP contribution in [0.25, 0.3) is 0 Å². The number of hydrogen-bond acceptors (Lipinski definition) is 6. The van der Waals surface area contributed by atoms with Gasteiger partial charge < -0.3 is 10.1 Å². The number of nitrogens with one attached hydrogen (secondary N) is 1. The number of esters is 1. The summed E-state index contributed by atoms with van der Waals surface area (Å²) in [6.45, 7) is 2.74. The molecule has 1 aliphatic rings. The van der Waals surface area contributed by atoms with E-state index in [1.54, 1.807) is 38.1 Å². The van der Waals surface area contributed by atoms with Crippen molar-refractivity contribution in [2.75, 3.05) is 16.8 Å².